The molecule has 1 aromatic carbocycles. The van der Waals surface area contributed by atoms with Gasteiger partial charge >= 0.3 is 0 Å². The summed E-state index contributed by atoms with van der Waals surface area (Å²) in [6.45, 7) is 8.31. The molecule has 33 heavy (non-hydrogen) atoms. The van der Waals surface area contributed by atoms with Crippen LogP contribution in [0.15, 0.2) is 48.8 Å². The highest BCUT2D eigenvalue weighted by molar-refractivity contribution is 5.72. The van der Waals surface area contributed by atoms with Crippen molar-refractivity contribution >= 4 is 29.7 Å². The normalized spacial score (nSPS) is 13.9. The Morgan fingerprint density at radius 1 is 1.15 bits per heavy atom. The van der Waals surface area contributed by atoms with Crippen LogP contribution in [0.3, 0.4) is 0 Å². The molecule has 3 aromatic rings. The summed E-state index contributed by atoms with van der Waals surface area (Å²) in [5.74, 6) is 0.765. The summed E-state index contributed by atoms with van der Waals surface area (Å²) < 4.78 is 7.42. The van der Waals surface area contributed by atoms with Crippen molar-refractivity contribution < 1.29 is 9.53 Å². The molecule has 0 unspecified atom stereocenters. The first-order valence-corrected chi connectivity index (χ1v) is 11.3. The van der Waals surface area contributed by atoms with Gasteiger partial charge in [0.25, 0.3) is 0 Å². The second kappa shape index (κ2) is 10.8. The largest absolute Gasteiger partial charge is 0.378 e. The maximum Gasteiger partial charge on any atom is 0.211 e. The van der Waals surface area contributed by atoms with Gasteiger partial charge in [-0.3, -0.25) is 9.48 Å². The average Bonchev–Trinajstić information content (AvgIpc) is 3.31. The molecule has 1 aliphatic heterocycles. The molecular formula is C25H30N6O2. The number of benzene rings is 1. The van der Waals surface area contributed by atoms with E-state index < -0.39 is 0 Å². The van der Waals surface area contributed by atoms with Gasteiger partial charge in [-0.05, 0) is 66.9 Å². The van der Waals surface area contributed by atoms with Crippen molar-refractivity contribution in [1.82, 2.24) is 20.1 Å². The predicted molar refractivity (Wildman–Crippen MR) is 131 cm³/mol. The van der Waals surface area contributed by atoms with Crippen molar-refractivity contribution in [3.8, 4) is 11.4 Å². The topological polar surface area (TPSA) is 84.3 Å². The number of rotatable bonds is 9. The van der Waals surface area contributed by atoms with Crippen LogP contribution < -0.4 is 15.5 Å². The fraction of sp³-hybridized carbons (Fsp3) is 0.320. The fourth-order valence-electron chi connectivity index (χ4n) is 3.89. The van der Waals surface area contributed by atoms with Crippen molar-refractivity contribution in [2.24, 2.45) is 0 Å². The molecule has 8 nitrogen and oxygen atoms in total. The number of ether oxygens (including phenoxy) is 1. The first kappa shape index (κ1) is 22.5. The van der Waals surface area contributed by atoms with Crippen molar-refractivity contribution in [3.05, 3.63) is 59.9 Å². The number of nitrogens with one attached hydrogen (secondary N) is 2. The van der Waals surface area contributed by atoms with Crippen LogP contribution in [0.1, 0.15) is 24.5 Å². The van der Waals surface area contributed by atoms with Gasteiger partial charge in [0.2, 0.25) is 6.41 Å². The summed E-state index contributed by atoms with van der Waals surface area (Å²) in [4.78, 5) is 18.0. The summed E-state index contributed by atoms with van der Waals surface area (Å²) in [6.07, 6.45) is 6.94. The third kappa shape index (κ3) is 5.40. The molecule has 2 aromatic heterocycles. The Balaban J connectivity index is 1.65. The highest BCUT2D eigenvalue weighted by Gasteiger charge is 2.14. The molecule has 4 rings (SSSR count). The zero-order valence-electron chi connectivity index (χ0n) is 19.1. The number of amides is 1. The number of anilines is 3. The fourth-order valence-corrected chi connectivity index (χ4v) is 3.89. The molecule has 3 heterocycles. The van der Waals surface area contributed by atoms with Crippen LogP contribution in [0.5, 0.6) is 0 Å². The quantitative estimate of drug-likeness (QED) is 0.484. The molecule has 1 amide bonds. The van der Waals surface area contributed by atoms with Crippen LogP contribution in [-0.4, -0.2) is 47.5 Å². The smallest absolute Gasteiger partial charge is 0.211 e. The summed E-state index contributed by atoms with van der Waals surface area (Å²) >= 11 is 0. The van der Waals surface area contributed by atoms with E-state index in [0.29, 0.717) is 6.41 Å². The predicted octanol–water partition coefficient (Wildman–Crippen LogP) is 3.96. The molecule has 8 heteroatoms. The van der Waals surface area contributed by atoms with E-state index in [-0.39, 0.29) is 0 Å². The van der Waals surface area contributed by atoms with E-state index >= 15 is 0 Å². The van der Waals surface area contributed by atoms with Crippen LogP contribution in [0.4, 0.5) is 17.2 Å². The van der Waals surface area contributed by atoms with Crippen LogP contribution in [-0.2, 0) is 16.1 Å². The minimum absolute atomic E-state index is 0.652. The number of aryl methyl sites for hydroxylation is 1. The number of hydrogen-bond acceptors (Lipinski definition) is 6. The van der Waals surface area contributed by atoms with Gasteiger partial charge in [0.1, 0.15) is 5.82 Å². The van der Waals surface area contributed by atoms with Crippen molar-refractivity contribution in [2.75, 3.05) is 36.5 Å². The van der Waals surface area contributed by atoms with Gasteiger partial charge in [0, 0.05) is 43.4 Å². The monoisotopic (exact) mass is 446 g/mol. The van der Waals surface area contributed by atoms with E-state index in [1.807, 2.05) is 29.8 Å². The molecule has 0 saturated carbocycles. The molecule has 0 atom stereocenters. The molecule has 172 valence electrons. The van der Waals surface area contributed by atoms with Crippen LogP contribution in [0.2, 0.25) is 0 Å². The summed E-state index contributed by atoms with van der Waals surface area (Å²) in [5, 5.41) is 10.5. The van der Waals surface area contributed by atoms with Gasteiger partial charge in [-0.1, -0.05) is 6.92 Å². The lowest BCUT2D eigenvalue weighted by molar-refractivity contribution is -0.108. The Labute approximate surface area is 194 Å². The number of morpholine rings is 1. The Hall–Kier alpha value is -3.65. The first-order chi connectivity index (χ1) is 16.2. The first-order valence-electron chi connectivity index (χ1n) is 11.3. The van der Waals surface area contributed by atoms with Crippen molar-refractivity contribution in [3.63, 3.8) is 0 Å². The Bertz CT molecular complexity index is 1100. The van der Waals surface area contributed by atoms with E-state index in [1.165, 1.54) is 5.69 Å². The zero-order chi connectivity index (χ0) is 23.0. The lowest BCUT2D eigenvalue weighted by Crippen LogP contribution is -2.36. The molecule has 1 saturated heterocycles. The SMILES string of the molecule is CCCn1nccc1-c1cc(/C=C\NC=O)c(C)c(Nc2ccc(N3CCOCC3)cc2)n1. The van der Waals surface area contributed by atoms with E-state index in [2.05, 4.69) is 51.8 Å². The summed E-state index contributed by atoms with van der Waals surface area (Å²) in [6, 6.07) is 12.4. The second-order valence-electron chi connectivity index (χ2n) is 7.90. The van der Waals surface area contributed by atoms with E-state index in [4.69, 9.17) is 9.72 Å². The number of carbonyl (C=O) groups excluding carboxylic acids is 1. The number of nitrogens with zero attached hydrogens (tertiary/aromatic N) is 4. The molecule has 2 N–H and O–H groups in total. The van der Waals surface area contributed by atoms with E-state index in [9.17, 15) is 4.79 Å². The molecule has 1 aliphatic rings. The van der Waals surface area contributed by atoms with Gasteiger partial charge in [-0.15, -0.1) is 0 Å². The summed E-state index contributed by atoms with van der Waals surface area (Å²) in [7, 11) is 0. The maximum absolute atomic E-state index is 10.7. The Kier molecular flexibility index (Phi) is 7.36. The lowest BCUT2D eigenvalue weighted by atomic mass is 10.1. The number of aromatic nitrogens is 3. The highest BCUT2D eigenvalue weighted by Crippen LogP contribution is 2.29. The van der Waals surface area contributed by atoms with Crippen LogP contribution >= 0.6 is 0 Å². The van der Waals surface area contributed by atoms with Crippen molar-refractivity contribution in [1.29, 1.82) is 0 Å². The summed E-state index contributed by atoms with van der Waals surface area (Å²) in [5.41, 5.74) is 5.88. The number of carbonyl (C=O) groups is 1. The second-order valence-corrected chi connectivity index (χ2v) is 7.90. The Morgan fingerprint density at radius 3 is 2.67 bits per heavy atom. The number of hydrogen-bond donors (Lipinski definition) is 2. The minimum Gasteiger partial charge on any atom is -0.378 e. The molecule has 0 bridgehead atoms. The van der Waals surface area contributed by atoms with E-state index in [1.54, 1.807) is 12.4 Å². The zero-order valence-corrected chi connectivity index (χ0v) is 19.1. The molecular weight excluding hydrogens is 416 g/mol. The highest BCUT2D eigenvalue weighted by atomic mass is 16.5. The Morgan fingerprint density at radius 2 is 1.94 bits per heavy atom. The van der Waals surface area contributed by atoms with Gasteiger partial charge in [0.05, 0.1) is 24.6 Å². The lowest BCUT2D eigenvalue weighted by Gasteiger charge is -2.29. The molecule has 0 radical (unpaired) electrons. The van der Waals surface area contributed by atoms with Gasteiger partial charge in [-0.2, -0.15) is 5.10 Å². The third-order valence-corrected chi connectivity index (χ3v) is 5.66. The van der Waals surface area contributed by atoms with Crippen molar-refractivity contribution in [2.45, 2.75) is 26.8 Å². The number of pyridine rings is 1. The van der Waals surface area contributed by atoms with Gasteiger partial charge in [-0.25, -0.2) is 4.98 Å². The maximum atomic E-state index is 10.7. The average molecular weight is 447 g/mol. The van der Waals surface area contributed by atoms with Crippen LogP contribution in [0, 0.1) is 6.92 Å². The van der Waals surface area contributed by atoms with Gasteiger partial charge in [0.15, 0.2) is 0 Å². The van der Waals surface area contributed by atoms with Gasteiger partial charge < -0.3 is 20.3 Å². The third-order valence-electron chi connectivity index (χ3n) is 5.66. The van der Waals surface area contributed by atoms with E-state index in [0.717, 1.165) is 73.3 Å². The minimum atomic E-state index is 0.652. The molecule has 0 spiro atoms. The standard InChI is InChI=1S/C25H30N6O2/c1-3-12-31-24(9-11-27-31)23-17-20(8-10-26-18-32)19(2)25(29-23)28-21-4-6-22(7-5-21)30-13-15-33-16-14-30/h4-11,17-18H,3,12-16H2,1-2H3,(H,26,32)(H,28,29)/b10-8-. The molecule has 0 aliphatic carbocycles. The van der Waals surface area contributed by atoms with Crippen LogP contribution in [0.25, 0.3) is 17.5 Å². The molecule has 1 fully saturated rings.